The molecule has 2 aromatic rings. The molecule has 0 N–H and O–H groups in total. The number of hydrogen-bond donors (Lipinski definition) is 0. The van der Waals surface area contributed by atoms with Gasteiger partial charge in [-0.25, -0.2) is 14.4 Å². The fraction of sp³-hybridized carbons (Fsp3) is 0.500. The van der Waals surface area contributed by atoms with Gasteiger partial charge in [0.2, 0.25) is 0 Å². The van der Waals surface area contributed by atoms with Crippen molar-refractivity contribution in [3.63, 3.8) is 0 Å². The van der Waals surface area contributed by atoms with Crippen LogP contribution in [0.5, 0.6) is 0 Å². The summed E-state index contributed by atoms with van der Waals surface area (Å²) in [6.07, 6.45) is 8.01. The summed E-state index contributed by atoms with van der Waals surface area (Å²) in [5.74, 6) is 1.71. The summed E-state index contributed by atoms with van der Waals surface area (Å²) in [4.78, 5) is 9.07. The Morgan fingerprint density at radius 3 is 2.62 bits per heavy atom. The van der Waals surface area contributed by atoms with Gasteiger partial charge in [0.05, 0.1) is 6.61 Å². The van der Waals surface area contributed by atoms with E-state index in [0.29, 0.717) is 17.3 Å². The maximum Gasteiger partial charge on any atom is 0.159 e. The molecular formula is C20H25FN2O. The number of rotatable bonds is 5. The second-order valence-corrected chi connectivity index (χ2v) is 6.67. The maximum atomic E-state index is 14.1. The number of aromatic nitrogens is 2. The molecule has 0 unspecified atom stereocenters. The summed E-state index contributed by atoms with van der Waals surface area (Å²) >= 11 is 0. The summed E-state index contributed by atoms with van der Waals surface area (Å²) in [6, 6.07) is 7.12. The van der Waals surface area contributed by atoms with E-state index in [9.17, 15) is 4.39 Å². The van der Waals surface area contributed by atoms with Crippen LogP contribution in [-0.2, 0) is 11.3 Å². The molecule has 0 bridgehead atoms. The highest BCUT2D eigenvalue weighted by atomic mass is 19.1. The molecule has 0 spiro atoms. The largest absolute Gasteiger partial charge is 0.380 e. The van der Waals surface area contributed by atoms with Gasteiger partial charge in [0.1, 0.15) is 5.82 Å². The van der Waals surface area contributed by atoms with Crippen molar-refractivity contribution in [2.45, 2.75) is 51.6 Å². The lowest BCUT2D eigenvalue weighted by molar-refractivity contribution is 0.181. The first-order valence-electron chi connectivity index (χ1n) is 8.82. The van der Waals surface area contributed by atoms with Crippen LogP contribution in [0, 0.1) is 11.7 Å². The lowest BCUT2D eigenvalue weighted by Crippen LogP contribution is -2.14. The number of halogens is 1. The predicted octanol–water partition coefficient (Wildman–Crippen LogP) is 5.11. The molecule has 1 fully saturated rings. The minimum atomic E-state index is -0.271. The van der Waals surface area contributed by atoms with E-state index in [1.165, 1.54) is 38.2 Å². The van der Waals surface area contributed by atoms with Crippen LogP contribution in [0.2, 0.25) is 0 Å². The fourth-order valence-corrected chi connectivity index (χ4v) is 3.56. The summed E-state index contributed by atoms with van der Waals surface area (Å²) in [5, 5.41) is 0. The minimum Gasteiger partial charge on any atom is -0.380 e. The molecule has 1 heterocycles. The third kappa shape index (κ3) is 3.81. The molecule has 1 aromatic heterocycles. The topological polar surface area (TPSA) is 35.0 Å². The van der Waals surface area contributed by atoms with Crippen LogP contribution in [-0.4, -0.2) is 17.1 Å². The Morgan fingerprint density at radius 1 is 1.17 bits per heavy atom. The number of ether oxygens (including phenoxy) is 1. The third-order valence-electron chi connectivity index (χ3n) is 5.13. The Labute approximate surface area is 143 Å². The molecular weight excluding hydrogens is 303 g/mol. The lowest BCUT2D eigenvalue weighted by Gasteiger charge is -2.27. The van der Waals surface area contributed by atoms with Crippen LogP contribution < -0.4 is 0 Å². The van der Waals surface area contributed by atoms with Gasteiger partial charge in [0, 0.05) is 36.0 Å². The number of benzene rings is 1. The van der Waals surface area contributed by atoms with Crippen molar-refractivity contribution >= 4 is 0 Å². The molecule has 4 heteroatoms. The first kappa shape index (κ1) is 17.0. The molecule has 1 aliphatic carbocycles. The van der Waals surface area contributed by atoms with E-state index in [4.69, 9.17) is 9.72 Å². The first-order chi connectivity index (χ1) is 11.7. The third-order valence-corrected chi connectivity index (χ3v) is 5.13. The van der Waals surface area contributed by atoms with Crippen LogP contribution in [0.3, 0.4) is 0 Å². The molecule has 3 nitrogen and oxygen atoms in total. The monoisotopic (exact) mass is 328 g/mol. The van der Waals surface area contributed by atoms with Gasteiger partial charge < -0.3 is 4.74 Å². The lowest BCUT2D eigenvalue weighted by atomic mass is 9.79. The van der Waals surface area contributed by atoms with E-state index in [1.807, 2.05) is 12.1 Å². The standard InChI is InChI=1S/C20H25FN2O/c1-3-14-4-6-15(7-5-14)19-10-11-22-20(23-19)16-8-9-17(13-24-2)18(21)12-16/h8-12,14-15H,3-7,13H2,1-2H3/t14-,15-. The number of methoxy groups -OCH3 is 1. The van der Waals surface area contributed by atoms with E-state index in [1.54, 1.807) is 19.4 Å². The maximum absolute atomic E-state index is 14.1. The highest BCUT2D eigenvalue weighted by molar-refractivity contribution is 5.55. The average molecular weight is 328 g/mol. The smallest absolute Gasteiger partial charge is 0.159 e. The van der Waals surface area contributed by atoms with Crippen molar-refractivity contribution in [3.8, 4) is 11.4 Å². The Hall–Kier alpha value is -1.81. The predicted molar refractivity (Wildman–Crippen MR) is 93.1 cm³/mol. The Balaban J connectivity index is 1.79. The molecule has 0 radical (unpaired) electrons. The Morgan fingerprint density at radius 2 is 1.96 bits per heavy atom. The first-order valence-corrected chi connectivity index (χ1v) is 8.82. The van der Waals surface area contributed by atoms with Gasteiger partial charge in [-0.1, -0.05) is 25.5 Å². The molecule has 0 aliphatic heterocycles. The zero-order chi connectivity index (χ0) is 16.9. The Kier molecular flexibility index (Phi) is 5.56. The van der Waals surface area contributed by atoms with Gasteiger partial charge >= 0.3 is 0 Å². The van der Waals surface area contributed by atoms with Crippen molar-refractivity contribution in [3.05, 3.63) is 47.5 Å². The summed E-state index contributed by atoms with van der Waals surface area (Å²) in [5.41, 5.74) is 2.36. The van der Waals surface area contributed by atoms with Crippen molar-refractivity contribution < 1.29 is 9.13 Å². The molecule has 1 saturated carbocycles. The highest BCUT2D eigenvalue weighted by Gasteiger charge is 2.22. The van der Waals surface area contributed by atoms with Gasteiger partial charge in [0.15, 0.2) is 5.82 Å². The van der Waals surface area contributed by atoms with Gasteiger partial charge in [-0.3, -0.25) is 0 Å². The van der Waals surface area contributed by atoms with Crippen LogP contribution in [0.4, 0.5) is 4.39 Å². The SMILES string of the molecule is CC[C@H]1CC[C@H](c2ccnc(-c3ccc(COC)c(F)c3)n2)CC1. The van der Waals surface area contributed by atoms with Gasteiger partial charge in [-0.05, 0) is 43.7 Å². The van der Waals surface area contributed by atoms with E-state index in [0.717, 1.165) is 17.2 Å². The molecule has 0 amide bonds. The van der Waals surface area contributed by atoms with E-state index in [2.05, 4.69) is 11.9 Å². The van der Waals surface area contributed by atoms with E-state index >= 15 is 0 Å². The van der Waals surface area contributed by atoms with Crippen LogP contribution in [0.1, 0.15) is 56.2 Å². The average Bonchev–Trinajstić information content (AvgIpc) is 2.64. The number of nitrogens with zero attached hydrogens (tertiary/aromatic N) is 2. The summed E-state index contributed by atoms with van der Waals surface area (Å²) in [7, 11) is 1.56. The quantitative estimate of drug-likeness (QED) is 0.765. The second-order valence-electron chi connectivity index (χ2n) is 6.67. The normalized spacial score (nSPS) is 21.0. The van der Waals surface area contributed by atoms with Crippen molar-refractivity contribution in [1.82, 2.24) is 9.97 Å². The Bertz CT molecular complexity index is 681. The fourth-order valence-electron chi connectivity index (χ4n) is 3.56. The highest BCUT2D eigenvalue weighted by Crippen LogP contribution is 2.36. The summed E-state index contributed by atoms with van der Waals surface area (Å²) < 4.78 is 19.1. The van der Waals surface area contributed by atoms with Crippen LogP contribution in [0.15, 0.2) is 30.5 Å². The van der Waals surface area contributed by atoms with Gasteiger partial charge in [-0.15, -0.1) is 0 Å². The minimum absolute atomic E-state index is 0.271. The molecule has 128 valence electrons. The molecule has 1 aliphatic rings. The van der Waals surface area contributed by atoms with Gasteiger partial charge in [0.25, 0.3) is 0 Å². The molecule has 24 heavy (non-hydrogen) atoms. The van der Waals surface area contributed by atoms with Crippen molar-refractivity contribution in [2.24, 2.45) is 5.92 Å². The molecule has 3 rings (SSSR count). The number of hydrogen-bond acceptors (Lipinski definition) is 3. The van der Waals surface area contributed by atoms with E-state index < -0.39 is 0 Å². The van der Waals surface area contributed by atoms with Crippen molar-refractivity contribution in [2.75, 3.05) is 7.11 Å². The molecule has 0 saturated heterocycles. The van der Waals surface area contributed by atoms with Crippen molar-refractivity contribution in [1.29, 1.82) is 0 Å². The zero-order valence-corrected chi connectivity index (χ0v) is 14.5. The van der Waals surface area contributed by atoms with Crippen LogP contribution in [0.25, 0.3) is 11.4 Å². The second kappa shape index (κ2) is 7.84. The molecule has 1 aromatic carbocycles. The summed E-state index contributed by atoms with van der Waals surface area (Å²) in [6.45, 7) is 2.54. The van der Waals surface area contributed by atoms with Crippen LogP contribution >= 0.6 is 0 Å². The zero-order valence-electron chi connectivity index (χ0n) is 14.5. The molecule has 0 atom stereocenters. The van der Waals surface area contributed by atoms with Gasteiger partial charge in [-0.2, -0.15) is 0 Å². The van der Waals surface area contributed by atoms with E-state index in [-0.39, 0.29) is 12.4 Å².